The minimum atomic E-state index is -3.64. The van der Waals surface area contributed by atoms with E-state index in [-0.39, 0.29) is 31.2 Å². The molecule has 0 unspecified atom stereocenters. The van der Waals surface area contributed by atoms with Crippen molar-refractivity contribution in [3.8, 4) is 0 Å². The number of amides is 1. The number of nitrogen functional groups attached to an aromatic ring is 1. The van der Waals surface area contributed by atoms with Crippen molar-refractivity contribution in [3.63, 3.8) is 0 Å². The van der Waals surface area contributed by atoms with Crippen LogP contribution in [0.3, 0.4) is 0 Å². The van der Waals surface area contributed by atoms with E-state index in [1.807, 2.05) is 0 Å². The first kappa shape index (κ1) is 23.3. The minimum absolute atomic E-state index is 0.0486. The van der Waals surface area contributed by atoms with Crippen LogP contribution in [0.5, 0.6) is 0 Å². The van der Waals surface area contributed by atoms with Crippen molar-refractivity contribution in [2.24, 2.45) is 0 Å². The molecule has 2 rings (SSSR count). The van der Waals surface area contributed by atoms with E-state index in [1.54, 1.807) is 30.3 Å². The number of hydrogen-bond donors (Lipinski definition) is 2. The van der Waals surface area contributed by atoms with Crippen LogP contribution in [0, 0.1) is 0 Å². The molecular weight excluding hydrogens is 414 g/mol. The van der Waals surface area contributed by atoms with Crippen molar-refractivity contribution in [1.82, 2.24) is 13.9 Å². The molecule has 0 fully saturated rings. The van der Waals surface area contributed by atoms with E-state index in [0.717, 1.165) is 20.0 Å². The zero-order chi connectivity index (χ0) is 22.5. The van der Waals surface area contributed by atoms with E-state index in [9.17, 15) is 22.8 Å². The number of hydrogen-bond acceptors (Lipinski definition) is 7. The highest BCUT2D eigenvalue weighted by Gasteiger charge is 2.27. The number of aromatic nitrogens is 2. The third kappa shape index (κ3) is 5.55. The van der Waals surface area contributed by atoms with Crippen LogP contribution in [-0.2, 0) is 32.6 Å². The number of nitrogens with two attached hydrogens (primary N) is 1. The van der Waals surface area contributed by atoms with Crippen LogP contribution in [0.4, 0.5) is 11.5 Å². The average Bonchev–Trinajstić information content (AvgIpc) is 2.66. The van der Waals surface area contributed by atoms with Crippen LogP contribution in [-0.4, -0.2) is 61.7 Å². The normalized spacial score (nSPS) is 11.6. The lowest BCUT2D eigenvalue weighted by molar-refractivity contribution is -0.118. The van der Waals surface area contributed by atoms with Gasteiger partial charge >= 0.3 is 5.69 Å². The van der Waals surface area contributed by atoms with Gasteiger partial charge < -0.3 is 10.5 Å². The molecule has 0 aliphatic carbocycles. The van der Waals surface area contributed by atoms with Gasteiger partial charge in [-0.3, -0.25) is 24.0 Å². The number of sulfonamides is 1. The molecule has 1 amide bonds. The second-order valence-corrected chi connectivity index (χ2v) is 8.71. The zero-order valence-electron chi connectivity index (χ0n) is 17.0. The Kier molecular flexibility index (Phi) is 7.54. The highest BCUT2D eigenvalue weighted by Crippen LogP contribution is 2.20. The first-order valence-electron chi connectivity index (χ1n) is 8.93. The van der Waals surface area contributed by atoms with Gasteiger partial charge in [0, 0.05) is 14.2 Å². The molecule has 0 saturated carbocycles. The fraction of sp³-hybridized carbons (Fsp3) is 0.389. The van der Waals surface area contributed by atoms with Crippen LogP contribution in [0.25, 0.3) is 0 Å². The highest BCUT2D eigenvalue weighted by atomic mass is 32.2. The zero-order valence-corrected chi connectivity index (χ0v) is 17.8. The molecule has 0 atom stereocenters. The second-order valence-electron chi connectivity index (χ2n) is 6.62. The Morgan fingerprint density at radius 2 is 1.87 bits per heavy atom. The van der Waals surface area contributed by atoms with Gasteiger partial charge in [0.15, 0.2) is 5.69 Å². The first-order valence-corrected chi connectivity index (χ1v) is 10.8. The van der Waals surface area contributed by atoms with Gasteiger partial charge in [-0.1, -0.05) is 30.3 Å². The summed E-state index contributed by atoms with van der Waals surface area (Å²) < 4.78 is 30.4. The van der Waals surface area contributed by atoms with Crippen LogP contribution in [0.2, 0.25) is 0 Å². The number of nitrogens with one attached hydrogen (secondary N) is 1. The van der Waals surface area contributed by atoms with Gasteiger partial charge in [-0.25, -0.2) is 13.2 Å². The predicted molar refractivity (Wildman–Crippen MR) is 113 cm³/mol. The summed E-state index contributed by atoms with van der Waals surface area (Å²) >= 11 is 0. The molecule has 0 aliphatic rings. The Hall–Kier alpha value is -2.96. The Bertz CT molecular complexity index is 1110. The molecule has 0 saturated heterocycles. The molecule has 3 N–H and O–H groups in total. The molecule has 1 heterocycles. The molecule has 0 bridgehead atoms. The lowest BCUT2D eigenvalue weighted by Crippen LogP contribution is -2.45. The Morgan fingerprint density at radius 3 is 2.43 bits per heavy atom. The van der Waals surface area contributed by atoms with E-state index in [0.29, 0.717) is 5.56 Å². The monoisotopic (exact) mass is 439 g/mol. The van der Waals surface area contributed by atoms with Crippen molar-refractivity contribution in [3.05, 3.63) is 56.7 Å². The molecule has 164 valence electrons. The van der Waals surface area contributed by atoms with Gasteiger partial charge in [0.25, 0.3) is 5.56 Å². The number of methoxy groups -OCH3 is 1. The number of nitrogens with zero attached hydrogens (tertiary/aromatic N) is 3. The average molecular weight is 439 g/mol. The second kappa shape index (κ2) is 9.69. The van der Waals surface area contributed by atoms with E-state index >= 15 is 0 Å². The maximum Gasteiger partial charge on any atom is 0.330 e. The lowest BCUT2D eigenvalue weighted by atomic mass is 10.2. The summed E-state index contributed by atoms with van der Waals surface area (Å²) in [6.07, 6.45) is 0.966. The molecule has 0 radical (unpaired) electrons. The molecule has 11 nitrogen and oxygen atoms in total. The number of anilines is 2. The van der Waals surface area contributed by atoms with Crippen LogP contribution < -0.4 is 21.9 Å². The number of ether oxygens (including phenoxy) is 1. The Balaban J connectivity index is 2.57. The van der Waals surface area contributed by atoms with E-state index in [1.165, 1.54) is 14.2 Å². The standard InChI is InChI=1S/C18H25N5O6S/c1-21(30(3,27)28)12-14(24)23(11-13-7-5-4-6-8-13)15-16(19)22(9-10-29-2)18(26)20-17(15)25/h4-8H,9-12,19H2,1-3H3,(H,20,25,26). The molecule has 0 spiro atoms. The van der Waals surface area contributed by atoms with E-state index < -0.39 is 33.7 Å². The Labute approximate surface area is 173 Å². The smallest absolute Gasteiger partial charge is 0.330 e. The fourth-order valence-electron chi connectivity index (χ4n) is 2.69. The van der Waals surface area contributed by atoms with Crippen molar-refractivity contribution >= 4 is 27.4 Å². The van der Waals surface area contributed by atoms with Crippen LogP contribution in [0.15, 0.2) is 39.9 Å². The number of likely N-dealkylation sites (N-methyl/N-ethyl adjacent to an activating group) is 1. The third-order valence-corrected chi connectivity index (χ3v) is 5.67. The quantitative estimate of drug-likeness (QED) is 0.519. The van der Waals surface area contributed by atoms with Crippen molar-refractivity contribution in [2.75, 3.05) is 44.2 Å². The highest BCUT2D eigenvalue weighted by molar-refractivity contribution is 7.88. The number of H-pyrrole nitrogens is 1. The first-order chi connectivity index (χ1) is 14.1. The summed E-state index contributed by atoms with van der Waals surface area (Å²) in [4.78, 5) is 41.0. The maximum absolute atomic E-state index is 13.0. The lowest BCUT2D eigenvalue weighted by Gasteiger charge is -2.26. The van der Waals surface area contributed by atoms with Crippen LogP contribution >= 0.6 is 0 Å². The molecule has 12 heteroatoms. The van der Waals surface area contributed by atoms with Crippen LogP contribution in [0.1, 0.15) is 5.56 Å². The number of benzene rings is 1. The summed E-state index contributed by atoms with van der Waals surface area (Å²) in [5.41, 5.74) is 4.96. The van der Waals surface area contributed by atoms with Gasteiger partial charge in [0.05, 0.1) is 32.5 Å². The van der Waals surface area contributed by atoms with E-state index in [4.69, 9.17) is 10.5 Å². The fourth-order valence-corrected chi connectivity index (χ4v) is 3.04. The predicted octanol–water partition coefficient (Wildman–Crippen LogP) is -0.810. The van der Waals surface area contributed by atoms with Gasteiger partial charge in [-0.05, 0) is 5.56 Å². The molecule has 0 aliphatic heterocycles. The van der Waals surface area contributed by atoms with E-state index in [2.05, 4.69) is 4.98 Å². The number of rotatable bonds is 9. The summed E-state index contributed by atoms with van der Waals surface area (Å²) in [5, 5.41) is 0. The van der Waals surface area contributed by atoms with Gasteiger partial charge in [-0.15, -0.1) is 0 Å². The number of carbonyl (C=O) groups excluding carboxylic acids is 1. The summed E-state index contributed by atoms with van der Waals surface area (Å²) in [6, 6.07) is 8.79. The molecule has 30 heavy (non-hydrogen) atoms. The van der Waals surface area contributed by atoms with Gasteiger partial charge in [-0.2, -0.15) is 4.31 Å². The topological polar surface area (TPSA) is 148 Å². The SMILES string of the molecule is COCCn1c(N)c(N(Cc2ccccc2)C(=O)CN(C)S(C)(=O)=O)c(=O)[nH]c1=O. The molecule has 2 aromatic rings. The number of aromatic amines is 1. The third-order valence-electron chi connectivity index (χ3n) is 4.41. The van der Waals surface area contributed by atoms with Crippen molar-refractivity contribution < 1.29 is 17.9 Å². The largest absolute Gasteiger partial charge is 0.383 e. The van der Waals surface area contributed by atoms with Gasteiger partial charge in [0.1, 0.15) is 5.82 Å². The summed E-state index contributed by atoms with van der Waals surface area (Å²) in [7, 11) is -0.941. The molecule has 1 aromatic heterocycles. The van der Waals surface area contributed by atoms with Crippen molar-refractivity contribution in [1.29, 1.82) is 0 Å². The molecular formula is C18H25N5O6S. The maximum atomic E-state index is 13.0. The Morgan fingerprint density at radius 1 is 1.23 bits per heavy atom. The summed E-state index contributed by atoms with van der Waals surface area (Å²) in [6.45, 7) is -0.352. The van der Waals surface area contributed by atoms with Crippen molar-refractivity contribution in [2.45, 2.75) is 13.1 Å². The molecule has 1 aromatic carbocycles. The number of carbonyl (C=O) groups is 1. The summed E-state index contributed by atoms with van der Waals surface area (Å²) in [5.74, 6) is -0.895. The minimum Gasteiger partial charge on any atom is -0.383 e. The van der Waals surface area contributed by atoms with Gasteiger partial charge in [0.2, 0.25) is 15.9 Å².